The monoisotopic (exact) mass is 326 g/mol. The second-order valence-electron chi connectivity index (χ2n) is 5.15. The molecule has 1 saturated heterocycles. The summed E-state index contributed by atoms with van der Waals surface area (Å²) in [4.78, 5) is 41.5. The molecule has 0 unspecified atom stereocenters. The van der Waals surface area contributed by atoms with Gasteiger partial charge < -0.3 is 4.52 Å². The molecule has 8 heteroatoms. The Morgan fingerprint density at radius 1 is 1.08 bits per heavy atom. The number of rotatable bonds is 6. The maximum atomic E-state index is 12.1. The van der Waals surface area contributed by atoms with Crippen molar-refractivity contribution in [2.45, 2.75) is 13.0 Å². The fourth-order valence-electron chi connectivity index (χ4n) is 2.32. The van der Waals surface area contributed by atoms with Crippen LogP contribution in [0.3, 0.4) is 0 Å². The van der Waals surface area contributed by atoms with Gasteiger partial charge in [0, 0.05) is 6.54 Å². The minimum atomic E-state index is -0.906. The molecule has 1 aromatic heterocycles. The highest BCUT2D eigenvalue weighted by atomic mass is 16.5. The lowest BCUT2D eigenvalue weighted by atomic mass is 10.1. The molecule has 0 spiro atoms. The van der Waals surface area contributed by atoms with E-state index in [2.05, 4.69) is 16.7 Å². The summed E-state index contributed by atoms with van der Waals surface area (Å²) < 4.78 is 5.13. The first-order valence-electron chi connectivity index (χ1n) is 7.23. The zero-order chi connectivity index (χ0) is 17.1. The summed E-state index contributed by atoms with van der Waals surface area (Å²) in [6.45, 7) is 3.22. The van der Waals surface area contributed by atoms with Gasteiger partial charge in [0.15, 0.2) is 5.82 Å². The zero-order valence-electron chi connectivity index (χ0n) is 12.7. The molecule has 3 rings (SSSR count). The van der Waals surface area contributed by atoms with Crippen LogP contribution in [0.1, 0.15) is 17.3 Å². The second-order valence-corrected chi connectivity index (χ2v) is 5.15. The van der Waals surface area contributed by atoms with E-state index in [4.69, 9.17) is 4.52 Å². The number of carbonyl (C=O) groups excluding carboxylic acids is 3. The average Bonchev–Trinajstić information content (AvgIpc) is 3.10. The highest BCUT2D eigenvalue weighted by Gasteiger charge is 2.44. The number of imide groups is 2. The van der Waals surface area contributed by atoms with Gasteiger partial charge in [-0.05, 0) is 5.56 Å². The molecule has 0 saturated carbocycles. The standard InChI is InChI=1S/C16H14N4O4/c1-2-8-19-14(21)15(22)20(16(19)23)10-12-17-13(24-18-12)9-11-6-4-3-5-7-11/h2-7H,1,8-10H2. The summed E-state index contributed by atoms with van der Waals surface area (Å²) in [7, 11) is 0. The molecule has 0 radical (unpaired) electrons. The smallest absolute Gasteiger partial charge is 0.334 e. The molecule has 122 valence electrons. The molecule has 0 aliphatic carbocycles. The molecule has 1 aromatic carbocycles. The van der Waals surface area contributed by atoms with Crippen LogP contribution in [0.5, 0.6) is 0 Å². The predicted octanol–water partition coefficient (Wildman–Crippen LogP) is 1.14. The van der Waals surface area contributed by atoms with Crippen LogP contribution in [0, 0.1) is 0 Å². The molecule has 2 heterocycles. The zero-order valence-corrected chi connectivity index (χ0v) is 12.7. The Kier molecular flexibility index (Phi) is 4.19. The van der Waals surface area contributed by atoms with Gasteiger partial charge in [-0.3, -0.25) is 14.5 Å². The van der Waals surface area contributed by atoms with Crippen molar-refractivity contribution in [3.05, 3.63) is 60.3 Å². The lowest BCUT2D eigenvalue weighted by molar-refractivity contribution is -0.143. The van der Waals surface area contributed by atoms with E-state index >= 15 is 0 Å². The van der Waals surface area contributed by atoms with Gasteiger partial charge >= 0.3 is 17.8 Å². The van der Waals surface area contributed by atoms with E-state index in [0.717, 1.165) is 15.4 Å². The van der Waals surface area contributed by atoms with Crippen LogP contribution in [-0.2, 0) is 22.6 Å². The fourth-order valence-corrected chi connectivity index (χ4v) is 2.32. The Morgan fingerprint density at radius 3 is 2.50 bits per heavy atom. The topological polar surface area (TPSA) is 96.6 Å². The summed E-state index contributed by atoms with van der Waals surface area (Å²) in [5.41, 5.74) is 0.994. The van der Waals surface area contributed by atoms with E-state index in [-0.39, 0.29) is 18.9 Å². The van der Waals surface area contributed by atoms with Crippen LogP contribution < -0.4 is 0 Å². The predicted molar refractivity (Wildman–Crippen MR) is 81.4 cm³/mol. The summed E-state index contributed by atoms with van der Waals surface area (Å²) in [5.74, 6) is -1.26. The number of nitrogens with zero attached hydrogens (tertiary/aromatic N) is 4. The molecule has 0 N–H and O–H groups in total. The van der Waals surface area contributed by atoms with Crippen molar-refractivity contribution in [1.29, 1.82) is 0 Å². The molecular formula is C16H14N4O4. The number of carbonyl (C=O) groups is 3. The van der Waals surface area contributed by atoms with Crippen molar-refractivity contribution in [2.24, 2.45) is 0 Å². The Labute approximate surface area is 137 Å². The van der Waals surface area contributed by atoms with Crippen LogP contribution in [0.2, 0.25) is 0 Å². The number of aromatic nitrogens is 2. The van der Waals surface area contributed by atoms with Crippen molar-refractivity contribution in [3.8, 4) is 0 Å². The molecule has 24 heavy (non-hydrogen) atoms. The van der Waals surface area contributed by atoms with E-state index in [1.165, 1.54) is 6.08 Å². The summed E-state index contributed by atoms with van der Waals surface area (Å²) in [5, 5.41) is 3.76. The first-order chi connectivity index (χ1) is 11.6. The quantitative estimate of drug-likeness (QED) is 0.448. The van der Waals surface area contributed by atoms with Crippen LogP contribution in [0.15, 0.2) is 47.5 Å². The minimum Gasteiger partial charge on any atom is -0.339 e. The van der Waals surface area contributed by atoms with Gasteiger partial charge in [0.25, 0.3) is 0 Å². The molecular weight excluding hydrogens is 312 g/mol. The molecule has 2 aromatic rings. The second kappa shape index (κ2) is 6.45. The van der Waals surface area contributed by atoms with Crippen molar-refractivity contribution in [3.63, 3.8) is 0 Å². The Bertz CT molecular complexity index is 799. The van der Waals surface area contributed by atoms with Gasteiger partial charge in [-0.2, -0.15) is 4.98 Å². The fraction of sp³-hybridized carbons (Fsp3) is 0.188. The number of benzene rings is 1. The van der Waals surface area contributed by atoms with Crippen molar-refractivity contribution < 1.29 is 18.9 Å². The lowest BCUT2D eigenvalue weighted by Crippen LogP contribution is -2.33. The highest BCUT2D eigenvalue weighted by molar-refractivity contribution is 6.44. The van der Waals surface area contributed by atoms with Gasteiger partial charge in [0.1, 0.15) is 0 Å². The van der Waals surface area contributed by atoms with E-state index in [1.54, 1.807) is 0 Å². The van der Waals surface area contributed by atoms with Crippen LogP contribution in [0.25, 0.3) is 0 Å². The van der Waals surface area contributed by atoms with Crippen molar-refractivity contribution in [2.75, 3.05) is 6.54 Å². The van der Waals surface area contributed by atoms with E-state index in [1.807, 2.05) is 30.3 Å². The van der Waals surface area contributed by atoms with Gasteiger partial charge in [-0.15, -0.1) is 6.58 Å². The van der Waals surface area contributed by atoms with Crippen LogP contribution in [0.4, 0.5) is 4.79 Å². The maximum absolute atomic E-state index is 12.1. The molecule has 1 aliphatic rings. The maximum Gasteiger partial charge on any atom is 0.334 e. The third-order valence-electron chi connectivity index (χ3n) is 3.45. The number of hydrogen-bond donors (Lipinski definition) is 0. The molecule has 1 aliphatic heterocycles. The van der Waals surface area contributed by atoms with E-state index in [0.29, 0.717) is 12.3 Å². The average molecular weight is 326 g/mol. The molecule has 1 fully saturated rings. The molecule has 8 nitrogen and oxygen atoms in total. The molecule has 0 atom stereocenters. The number of hydrogen-bond acceptors (Lipinski definition) is 6. The van der Waals surface area contributed by atoms with Crippen LogP contribution >= 0.6 is 0 Å². The van der Waals surface area contributed by atoms with Crippen LogP contribution in [-0.4, -0.2) is 44.3 Å². The first-order valence-corrected chi connectivity index (χ1v) is 7.23. The Hall–Kier alpha value is -3.29. The number of urea groups is 1. The number of amides is 4. The summed E-state index contributed by atoms with van der Waals surface area (Å²) in [6, 6.07) is 8.83. The highest BCUT2D eigenvalue weighted by Crippen LogP contribution is 2.15. The van der Waals surface area contributed by atoms with Gasteiger partial charge in [-0.25, -0.2) is 9.69 Å². The third-order valence-corrected chi connectivity index (χ3v) is 3.45. The summed E-state index contributed by atoms with van der Waals surface area (Å²) >= 11 is 0. The van der Waals surface area contributed by atoms with Gasteiger partial charge in [0.05, 0.1) is 13.0 Å². The Morgan fingerprint density at radius 2 is 1.79 bits per heavy atom. The minimum absolute atomic E-state index is 0.0224. The van der Waals surface area contributed by atoms with Gasteiger partial charge in [-0.1, -0.05) is 41.6 Å². The summed E-state index contributed by atoms with van der Waals surface area (Å²) in [6.07, 6.45) is 1.82. The van der Waals surface area contributed by atoms with E-state index in [9.17, 15) is 14.4 Å². The van der Waals surface area contributed by atoms with Crippen molar-refractivity contribution in [1.82, 2.24) is 19.9 Å². The SMILES string of the molecule is C=CCN1C(=O)C(=O)N(Cc2noc(Cc3ccccc3)n2)C1=O. The largest absolute Gasteiger partial charge is 0.339 e. The first kappa shape index (κ1) is 15.6. The van der Waals surface area contributed by atoms with E-state index < -0.39 is 17.8 Å². The lowest BCUT2D eigenvalue weighted by Gasteiger charge is -2.11. The third kappa shape index (κ3) is 2.94. The molecule has 0 bridgehead atoms. The molecule has 4 amide bonds. The normalized spacial score (nSPS) is 14.6. The Balaban J connectivity index is 1.70. The van der Waals surface area contributed by atoms with Crippen molar-refractivity contribution >= 4 is 17.8 Å². The van der Waals surface area contributed by atoms with Gasteiger partial charge in [0.2, 0.25) is 5.89 Å².